The Morgan fingerprint density at radius 3 is 1.89 bits per heavy atom. The number of benzene rings is 1. The van der Waals surface area contributed by atoms with Gasteiger partial charge in [0, 0.05) is 12.3 Å². The minimum atomic E-state index is -6.69. The van der Waals surface area contributed by atoms with Crippen LogP contribution in [0, 0.1) is 0 Å². The van der Waals surface area contributed by atoms with Gasteiger partial charge in [-0.05, 0) is 25.0 Å². The second-order valence-corrected chi connectivity index (χ2v) is 5.48. The summed E-state index contributed by atoms with van der Waals surface area (Å²) in [5.74, 6) is -18.2. The van der Waals surface area contributed by atoms with E-state index in [9.17, 15) is 40.3 Å². The average molecular weight is 425 g/mol. The van der Waals surface area contributed by atoms with E-state index >= 15 is 0 Å². The van der Waals surface area contributed by atoms with Crippen molar-refractivity contribution in [3.63, 3.8) is 0 Å². The maximum atomic E-state index is 13.3. The van der Waals surface area contributed by atoms with Crippen molar-refractivity contribution in [1.82, 2.24) is 0 Å². The molecule has 152 valence electrons. The van der Waals surface area contributed by atoms with Crippen LogP contribution in [-0.4, -0.2) is 35.8 Å². The fraction of sp³-hybridized carbons (Fsp3) is 0.467. The Labute approximate surface area is 153 Å². The van der Waals surface area contributed by atoms with Crippen molar-refractivity contribution in [3.8, 4) is 11.5 Å². The van der Waals surface area contributed by atoms with Crippen molar-refractivity contribution in [2.45, 2.75) is 37.3 Å². The fourth-order valence-corrected chi connectivity index (χ4v) is 1.82. The summed E-state index contributed by atoms with van der Waals surface area (Å²) in [6.07, 6.45) is -6.05. The molecule has 0 saturated heterocycles. The van der Waals surface area contributed by atoms with E-state index in [1.807, 2.05) is 0 Å². The molecule has 0 amide bonds. The Kier molecular flexibility index (Phi) is 7.47. The van der Waals surface area contributed by atoms with Crippen molar-refractivity contribution in [3.05, 3.63) is 24.3 Å². The van der Waals surface area contributed by atoms with Gasteiger partial charge in [-0.2, -0.15) is 30.7 Å². The van der Waals surface area contributed by atoms with Crippen LogP contribution in [-0.2, 0) is 9.59 Å². The number of alkyl halides is 8. The highest BCUT2D eigenvalue weighted by molar-refractivity contribution is 6.17. The highest BCUT2D eigenvalue weighted by atomic mass is 35.5. The number of ether oxygens (including phenoxy) is 2. The molecule has 27 heavy (non-hydrogen) atoms. The molecule has 1 rings (SSSR count). The summed E-state index contributed by atoms with van der Waals surface area (Å²) in [7, 11) is 0. The SMILES string of the molecule is O=C(CCCCCl)Oc1ccccc1OC(=O)C(F)(F)C(F)(F)C(F)(F)F. The Morgan fingerprint density at radius 1 is 0.889 bits per heavy atom. The maximum Gasteiger partial charge on any atom is 0.460 e. The number of carbonyl (C=O) groups excluding carboxylic acids is 2. The molecule has 0 spiro atoms. The van der Waals surface area contributed by atoms with Gasteiger partial charge in [0.15, 0.2) is 11.5 Å². The number of carbonyl (C=O) groups is 2. The molecule has 4 nitrogen and oxygen atoms in total. The van der Waals surface area contributed by atoms with Crippen LogP contribution in [0.5, 0.6) is 11.5 Å². The molecule has 1 aromatic rings. The Balaban J connectivity index is 2.96. The summed E-state index contributed by atoms with van der Waals surface area (Å²) in [6.45, 7) is 0. The first-order chi connectivity index (χ1) is 12.3. The first kappa shape index (κ1) is 23.0. The summed E-state index contributed by atoms with van der Waals surface area (Å²) < 4.78 is 97.4. The molecule has 0 atom stereocenters. The van der Waals surface area contributed by atoms with E-state index in [-0.39, 0.29) is 12.3 Å². The Bertz CT molecular complexity index is 676. The number of esters is 2. The van der Waals surface area contributed by atoms with E-state index in [0.29, 0.717) is 12.8 Å². The molecule has 0 aromatic heterocycles. The monoisotopic (exact) mass is 424 g/mol. The molecular formula is C15H12ClF7O4. The number of hydrogen-bond donors (Lipinski definition) is 0. The van der Waals surface area contributed by atoms with Gasteiger partial charge in [0.2, 0.25) is 0 Å². The minimum absolute atomic E-state index is 0.142. The Morgan fingerprint density at radius 2 is 1.41 bits per heavy atom. The lowest BCUT2D eigenvalue weighted by Gasteiger charge is -2.26. The third-order valence-corrected chi connectivity index (χ3v) is 3.31. The van der Waals surface area contributed by atoms with Gasteiger partial charge in [0.1, 0.15) is 0 Å². The number of para-hydroxylation sites is 2. The molecule has 0 fully saturated rings. The lowest BCUT2D eigenvalue weighted by atomic mass is 10.1. The highest BCUT2D eigenvalue weighted by Gasteiger charge is 2.77. The number of unbranched alkanes of at least 4 members (excludes halogenated alkanes) is 1. The van der Waals surface area contributed by atoms with Gasteiger partial charge in [-0.15, -0.1) is 11.6 Å². The number of rotatable bonds is 8. The van der Waals surface area contributed by atoms with Crippen LogP contribution in [0.4, 0.5) is 30.7 Å². The van der Waals surface area contributed by atoms with Crippen LogP contribution in [0.1, 0.15) is 19.3 Å². The van der Waals surface area contributed by atoms with Crippen LogP contribution in [0.15, 0.2) is 24.3 Å². The fourth-order valence-electron chi connectivity index (χ4n) is 1.63. The van der Waals surface area contributed by atoms with E-state index in [0.717, 1.165) is 18.2 Å². The molecule has 0 unspecified atom stereocenters. The van der Waals surface area contributed by atoms with E-state index in [4.69, 9.17) is 16.3 Å². The second-order valence-electron chi connectivity index (χ2n) is 5.10. The first-order valence-electron chi connectivity index (χ1n) is 7.25. The average Bonchev–Trinajstić information content (AvgIpc) is 2.55. The molecular weight excluding hydrogens is 413 g/mol. The van der Waals surface area contributed by atoms with E-state index in [1.165, 1.54) is 6.07 Å². The summed E-state index contributed by atoms with van der Waals surface area (Å²) in [5.41, 5.74) is 0. The summed E-state index contributed by atoms with van der Waals surface area (Å²) in [5, 5.41) is 0. The topological polar surface area (TPSA) is 52.6 Å². The molecule has 0 aliphatic carbocycles. The molecule has 0 bridgehead atoms. The van der Waals surface area contributed by atoms with Crippen molar-refractivity contribution >= 4 is 23.5 Å². The standard InChI is InChI=1S/C15H12ClF7O4/c16-8-4-3-7-11(24)26-9-5-1-2-6-10(9)27-12(25)13(17,18)14(19,20)15(21,22)23/h1-2,5-6H,3-4,7-8H2. The van der Waals surface area contributed by atoms with Gasteiger partial charge >= 0.3 is 30.0 Å². The van der Waals surface area contributed by atoms with Gasteiger partial charge in [-0.3, -0.25) is 4.79 Å². The second kappa shape index (κ2) is 8.77. The highest BCUT2D eigenvalue weighted by Crippen LogP contribution is 2.47. The zero-order valence-electron chi connectivity index (χ0n) is 13.3. The normalized spacial score (nSPS) is 12.6. The van der Waals surface area contributed by atoms with Gasteiger partial charge in [0.05, 0.1) is 0 Å². The van der Waals surface area contributed by atoms with Crippen molar-refractivity contribution < 1.29 is 49.8 Å². The van der Waals surface area contributed by atoms with Crippen LogP contribution in [0.2, 0.25) is 0 Å². The predicted molar refractivity (Wildman–Crippen MR) is 78.2 cm³/mol. The molecule has 12 heteroatoms. The molecule has 0 aliphatic heterocycles. The smallest absolute Gasteiger partial charge is 0.423 e. The predicted octanol–water partition coefficient (Wildman–Crippen LogP) is 4.74. The van der Waals surface area contributed by atoms with E-state index in [1.54, 1.807) is 0 Å². The molecule has 0 heterocycles. The zero-order valence-corrected chi connectivity index (χ0v) is 14.1. The van der Waals surface area contributed by atoms with Gasteiger partial charge in [-0.25, -0.2) is 4.79 Å². The lowest BCUT2D eigenvalue weighted by molar-refractivity contribution is -0.346. The number of halogens is 8. The lowest BCUT2D eigenvalue weighted by Crippen LogP contribution is -2.57. The zero-order chi connectivity index (χ0) is 20.9. The maximum absolute atomic E-state index is 13.3. The van der Waals surface area contributed by atoms with Gasteiger partial charge in [0.25, 0.3) is 0 Å². The molecule has 1 aromatic carbocycles. The van der Waals surface area contributed by atoms with Crippen LogP contribution < -0.4 is 9.47 Å². The van der Waals surface area contributed by atoms with Gasteiger partial charge in [-0.1, -0.05) is 12.1 Å². The molecule has 0 aliphatic rings. The minimum Gasteiger partial charge on any atom is -0.423 e. The van der Waals surface area contributed by atoms with Crippen LogP contribution in [0.3, 0.4) is 0 Å². The first-order valence-corrected chi connectivity index (χ1v) is 7.78. The molecule has 0 saturated carbocycles. The number of hydrogen-bond acceptors (Lipinski definition) is 4. The third-order valence-electron chi connectivity index (χ3n) is 3.05. The van der Waals surface area contributed by atoms with Gasteiger partial charge < -0.3 is 9.47 Å². The van der Waals surface area contributed by atoms with Crippen molar-refractivity contribution in [1.29, 1.82) is 0 Å². The molecule has 0 radical (unpaired) electrons. The van der Waals surface area contributed by atoms with Crippen molar-refractivity contribution in [2.75, 3.05) is 5.88 Å². The summed E-state index contributed by atoms with van der Waals surface area (Å²) >= 11 is 5.42. The quantitative estimate of drug-likeness (QED) is 0.199. The molecule has 0 N–H and O–H groups in total. The van der Waals surface area contributed by atoms with E-state index < -0.39 is 41.5 Å². The third kappa shape index (κ3) is 5.47. The summed E-state index contributed by atoms with van der Waals surface area (Å²) in [4.78, 5) is 22.9. The van der Waals surface area contributed by atoms with Crippen LogP contribution >= 0.6 is 11.6 Å². The largest absolute Gasteiger partial charge is 0.460 e. The van der Waals surface area contributed by atoms with Crippen LogP contribution in [0.25, 0.3) is 0 Å². The van der Waals surface area contributed by atoms with E-state index in [2.05, 4.69) is 4.74 Å². The summed E-state index contributed by atoms with van der Waals surface area (Å²) in [6, 6.07) is 4.07. The van der Waals surface area contributed by atoms with Crippen molar-refractivity contribution in [2.24, 2.45) is 0 Å². The Hall–Kier alpha value is -2.04.